The van der Waals surface area contributed by atoms with Crippen molar-refractivity contribution in [1.82, 2.24) is 4.90 Å². The van der Waals surface area contributed by atoms with E-state index < -0.39 is 0 Å². The molecule has 0 atom stereocenters. The van der Waals surface area contributed by atoms with Crippen molar-refractivity contribution in [1.29, 1.82) is 0 Å². The number of benzene rings is 2. The van der Waals surface area contributed by atoms with E-state index in [1.807, 2.05) is 18.2 Å². The molecule has 0 radical (unpaired) electrons. The molecule has 6 heteroatoms. The smallest absolute Gasteiger partial charge is 0.173 e. The minimum atomic E-state index is 0.587. The van der Waals surface area contributed by atoms with Crippen LogP contribution in [0.5, 0.6) is 0 Å². The monoisotopic (exact) mass is 393 g/mol. The van der Waals surface area contributed by atoms with Crippen LogP contribution in [0.2, 0.25) is 10.0 Å². The van der Waals surface area contributed by atoms with Crippen molar-refractivity contribution >= 4 is 51.9 Å². The SMILES string of the molecule is CCc1ccc(NC(=S)N2CCN(c3ccc(Cl)c(Cl)c3)CC2)cc1. The fraction of sp³-hybridized carbons (Fsp3) is 0.316. The standard InChI is InChI=1S/C19H21Cl2N3S/c1-2-14-3-5-15(6-4-14)22-19(25)24-11-9-23(10-12-24)16-7-8-17(20)18(21)13-16/h3-8,13H,2,9-12H2,1H3,(H,22,25). The van der Waals surface area contributed by atoms with E-state index >= 15 is 0 Å². The molecular weight excluding hydrogens is 373 g/mol. The van der Waals surface area contributed by atoms with E-state index in [-0.39, 0.29) is 0 Å². The molecule has 1 aliphatic heterocycles. The summed E-state index contributed by atoms with van der Waals surface area (Å²) >= 11 is 17.7. The largest absolute Gasteiger partial charge is 0.368 e. The van der Waals surface area contributed by atoms with Gasteiger partial charge in [0, 0.05) is 37.6 Å². The van der Waals surface area contributed by atoms with Crippen molar-refractivity contribution in [2.24, 2.45) is 0 Å². The second-order valence-electron chi connectivity index (χ2n) is 6.05. The van der Waals surface area contributed by atoms with Crippen LogP contribution in [0.15, 0.2) is 42.5 Å². The van der Waals surface area contributed by atoms with Crippen LogP contribution < -0.4 is 10.2 Å². The maximum absolute atomic E-state index is 6.12. The van der Waals surface area contributed by atoms with E-state index in [0.717, 1.165) is 49.1 Å². The third kappa shape index (κ3) is 4.57. The normalized spacial score (nSPS) is 14.5. The van der Waals surface area contributed by atoms with E-state index in [9.17, 15) is 0 Å². The highest BCUT2D eigenvalue weighted by atomic mass is 35.5. The fourth-order valence-electron chi connectivity index (χ4n) is 2.88. The lowest BCUT2D eigenvalue weighted by Gasteiger charge is -2.37. The minimum absolute atomic E-state index is 0.587. The van der Waals surface area contributed by atoms with Gasteiger partial charge in [-0.1, -0.05) is 42.3 Å². The van der Waals surface area contributed by atoms with Crippen molar-refractivity contribution in [3.8, 4) is 0 Å². The van der Waals surface area contributed by atoms with Crippen LogP contribution in [-0.2, 0) is 6.42 Å². The summed E-state index contributed by atoms with van der Waals surface area (Å²) in [6.07, 6.45) is 1.04. The first-order valence-corrected chi connectivity index (χ1v) is 9.58. The summed E-state index contributed by atoms with van der Waals surface area (Å²) in [5, 5.41) is 5.29. The van der Waals surface area contributed by atoms with Crippen molar-refractivity contribution in [2.75, 3.05) is 36.4 Å². The van der Waals surface area contributed by atoms with Gasteiger partial charge in [0.1, 0.15) is 0 Å². The Bertz CT molecular complexity index is 741. The van der Waals surface area contributed by atoms with Gasteiger partial charge in [-0.25, -0.2) is 0 Å². The van der Waals surface area contributed by atoms with Crippen molar-refractivity contribution < 1.29 is 0 Å². The molecule has 1 saturated heterocycles. The molecule has 1 heterocycles. The summed E-state index contributed by atoms with van der Waals surface area (Å²) in [7, 11) is 0. The Morgan fingerprint density at radius 1 is 1.00 bits per heavy atom. The molecule has 25 heavy (non-hydrogen) atoms. The van der Waals surface area contributed by atoms with Gasteiger partial charge >= 0.3 is 0 Å². The van der Waals surface area contributed by atoms with Gasteiger partial charge in [0.2, 0.25) is 0 Å². The second-order valence-corrected chi connectivity index (χ2v) is 7.25. The van der Waals surface area contributed by atoms with Crippen LogP contribution in [0.1, 0.15) is 12.5 Å². The summed E-state index contributed by atoms with van der Waals surface area (Å²) in [5.74, 6) is 0. The first kappa shape index (κ1) is 18.3. The Morgan fingerprint density at radius 3 is 2.28 bits per heavy atom. The van der Waals surface area contributed by atoms with Crippen LogP contribution in [0.3, 0.4) is 0 Å². The molecule has 0 unspecified atom stereocenters. The third-order valence-corrected chi connectivity index (χ3v) is 5.55. The number of nitrogens with zero attached hydrogens (tertiary/aromatic N) is 2. The van der Waals surface area contributed by atoms with E-state index in [0.29, 0.717) is 10.0 Å². The van der Waals surface area contributed by atoms with Crippen LogP contribution >= 0.6 is 35.4 Å². The lowest BCUT2D eigenvalue weighted by atomic mass is 10.1. The molecule has 0 saturated carbocycles. The van der Waals surface area contributed by atoms with E-state index in [1.54, 1.807) is 0 Å². The Kier molecular flexibility index (Phi) is 6.05. The zero-order valence-corrected chi connectivity index (χ0v) is 16.5. The summed E-state index contributed by atoms with van der Waals surface area (Å²) < 4.78 is 0. The number of hydrogen-bond donors (Lipinski definition) is 1. The Hall–Kier alpha value is -1.49. The lowest BCUT2D eigenvalue weighted by molar-refractivity contribution is 0.391. The molecule has 0 aromatic heterocycles. The fourth-order valence-corrected chi connectivity index (χ4v) is 3.47. The number of nitrogens with one attached hydrogen (secondary N) is 1. The Morgan fingerprint density at radius 2 is 1.68 bits per heavy atom. The average Bonchev–Trinajstić information content (AvgIpc) is 2.65. The molecule has 2 aromatic rings. The first-order chi connectivity index (χ1) is 12.1. The second kappa shape index (κ2) is 8.26. The maximum atomic E-state index is 6.12. The van der Waals surface area contributed by atoms with Gasteiger partial charge < -0.3 is 15.1 Å². The van der Waals surface area contributed by atoms with E-state index in [2.05, 4.69) is 46.3 Å². The zero-order chi connectivity index (χ0) is 17.8. The molecule has 3 rings (SSSR count). The number of anilines is 2. The number of aryl methyl sites for hydroxylation is 1. The zero-order valence-electron chi connectivity index (χ0n) is 14.1. The Labute approximate surface area is 164 Å². The van der Waals surface area contributed by atoms with Gasteiger partial charge in [0.25, 0.3) is 0 Å². The molecule has 1 N–H and O–H groups in total. The molecule has 1 aliphatic rings. The topological polar surface area (TPSA) is 18.5 Å². The minimum Gasteiger partial charge on any atom is -0.368 e. The molecule has 0 aliphatic carbocycles. The molecule has 3 nitrogen and oxygen atoms in total. The van der Waals surface area contributed by atoms with Crippen LogP contribution in [-0.4, -0.2) is 36.2 Å². The molecule has 132 valence electrons. The summed E-state index contributed by atoms with van der Waals surface area (Å²) in [6.45, 7) is 5.70. The predicted molar refractivity (Wildman–Crippen MR) is 112 cm³/mol. The number of hydrogen-bond acceptors (Lipinski definition) is 2. The molecule has 2 aromatic carbocycles. The van der Waals surface area contributed by atoms with Gasteiger partial charge in [0.15, 0.2) is 5.11 Å². The molecule has 0 spiro atoms. The first-order valence-electron chi connectivity index (χ1n) is 8.41. The Balaban J connectivity index is 1.55. The number of thiocarbonyl (C=S) groups is 1. The van der Waals surface area contributed by atoms with E-state index in [1.165, 1.54) is 5.56 Å². The van der Waals surface area contributed by atoms with Crippen molar-refractivity contribution in [3.63, 3.8) is 0 Å². The molecule has 0 amide bonds. The van der Waals surface area contributed by atoms with Crippen LogP contribution in [0.4, 0.5) is 11.4 Å². The molecule has 0 bridgehead atoms. The predicted octanol–water partition coefficient (Wildman–Crippen LogP) is 5.07. The number of piperazine rings is 1. The van der Waals surface area contributed by atoms with Crippen molar-refractivity contribution in [3.05, 3.63) is 58.1 Å². The van der Waals surface area contributed by atoms with Gasteiger partial charge in [-0.05, 0) is 54.5 Å². The van der Waals surface area contributed by atoms with Gasteiger partial charge in [-0.3, -0.25) is 0 Å². The number of rotatable bonds is 3. The van der Waals surface area contributed by atoms with Crippen molar-refractivity contribution in [2.45, 2.75) is 13.3 Å². The highest BCUT2D eigenvalue weighted by molar-refractivity contribution is 7.80. The highest BCUT2D eigenvalue weighted by Gasteiger charge is 2.19. The summed E-state index contributed by atoms with van der Waals surface area (Å²) in [4.78, 5) is 4.51. The van der Waals surface area contributed by atoms with Gasteiger partial charge in [0.05, 0.1) is 10.0 Å². The molecular formula is C19H21Cl2N3S. The molecule has 1 fully saturated rings. The maximum Gasteiger partial charge on any atom is 0.173 e. The van der Waals surface area contributed by atoms with Gasteiger partial charge in [-0.2, -0.15) is 0 Å². The lowest BCUT2D eigenvalue weighted by Crippen LogP contribution is -2.50. The van der Waals surface area contributed by atoms with Crippen LogP contribution in [0, 0.1) is 0 Å². The van der Waals surface area contributed by atoms with Crippen LogP contribution in [0.25, 0.3) is 0 Å². The quantitative estimate of drug-likeness (QED) is 0.732. The highest BCUT2D eigenvalue weighted by Crippen LogP contribution is 2.27. The summed E-state index contributed by atoms with van der Waals surface area (Å²) in [5.41, 5.74) is 3.46. The number of halogens is 2. The average molecular weight is 394 g/mol. The summed E-state index contributed by atoms with van der Waals surface area (Å²) in [6, 6.07) is 14.2. The van der Waals surface area contributed by atoms with Gasteiger partial charge in [-0.15, -0.1) is 0 Å². The third-order valence-electron chi connectivity index (χ3n) is 4.45. The van der Waals surface area contributed by atoms with E-state index in [4.69, 9.17) is 35.4 Å².